The average molecular weight is 274 g/mol. The van der Waals surface area contributed by atoms with Crippen molar-refractivity contribution in [2.75, 3.05) is 25.0 Å². The van der Waals surface area contributed by atoms with Crippen molar-refractivity contribution < 1.29 is 9.90 Å². The minimum absolute atomic E-state index is 0.468. The standard InChI is InChI=1S/C16H22N2O2/c1-3-18(4-2)11-7-10-9-17-14-6-5-12(16(19)20)13(8-11)15(10)14/h5-6,10-11,17H,3-4,7-9H2,1-2H3,(H,19,20). The molecular formula is C16H22N2O2. The maximum absolute atomic E-state index is 11.5. The van der Waals surface area contributed by atoms with Gasteiger partial charge in [-0.2, -0.15) is 0 Å². The van der Waals surface area contributed by atoms with E-state index in [2.05, 4.69) is 24.1 Å². The maximum atomic E-state index is 11.5. The number of anilines is 1. The van der Waals surface area contributed by atoms with Crippen LogP contribution in [0.1, 0.15) is 47.7 Å². The monoisotopic (exact) mass is 274 g/mol. The van der Waals surface area contributed by atoms with E-state index in [9.17, 15) is 9.90 Å². The molecule has 0 aromatic heterocycles. The van der Waals surface area contributed by atoms with Crippen LogP contribution in [0.2, 0.25) is 0 Å². The lowest BCUT2D eigenvalue weighted by atomic mass is 9.78. The highest BCUT2D eigenvalue weighted by molar-refractivity contribution is 5.91. The molecule has 0 fully saturated rings. The molecule has 4 nitrogen and oxygen atoms in total. The summed E-state index contributed by atoms with van der Waals surface area (Å²) in [5.41, 5.74) is 3.98. The summed E-state index contributed by atoms with van der Waals surface area (Å²) in [6.45, 7) is 7.36. The van der Waals surface area contributed by atoms with E-state index in [-0.39, 0.29) is 0 Å². The van der Waals surface area contributed by atoms with Crippen molar-refractivity contribution in [1.29, 1.82) is 0 Å². The molecule has 2 unspecified atom stereocenters. The summed E-state index contributed by atoms with van der Waals surface area (Å²) in [6.07, 6.45) is 2.00. The summed E-state index contributed by atoms with van der Waals surface area (Å²) < 4.78 is 0. The largest absolute Gasteiger partial charge is 0.478 e. The Morgan fingerprint density at radius 1 is 1.40 bits per heavy atom. The molecule has 1 aliphatic carbocycles. The first-order valence-corrected chi connectivity index (χ1v) is 7.52. The van der Waals surface area contributed by atoms with E-state index >= 15 is 0 Å². The molecule has 0 amide bonds. The van der Waals surface area contributed by atoms with Crippen molar-refractivity contribution in [2.45, 2.75) is 38.6 Å². The number of aromatic carboxylic acids is 1. The molecular weight excluding hydrogens is 252 g/mol. The van der Waals surface area contributed by atoms with E-state index < -0.39 is 5.97 Å². The highest BCUT2D eigenvalue weighted by Crippen LogP contribution is 2.43. The van der Waals surface area contributed by atoms with Gasteiger partial charge in [-0.1, -0.05) is 13.8 Å². The predicted octanol–water partition coefficient (Wildman–Crippen LogP) is 2.55. The van der Waals surface area contributed by atoms with Gasteiger partial charge in [0.1, 0.15) is 0 Å². The second kappa shape index (κ2) is 5.09. The Morgan fingerprint density at radius 3 is 2.80 bits per heavy atom. The molecule has 3 rings (SSSR count). The number of hydrogen-bond acceptors (Lipinski definition) is 3. The third-order valence-electron chi connectivity index (χ3n) is 4.86. The summed E-state index contributed by atoms with van der Waals surface area (Å²) in [6, 6.07) is 4.16. The molecule has 2 N–H and O–H groups in total. The Kier molecular flexibility index (Phi) is 3.42. The van der Waals surface area contributed by atoms with Crippen molar-refractivity contribution in [3.63, 3.8) is 0 Å². The summed E-state index contributed by atoms with van der Waals surface area (Å²) >= 11 is 0. The third kappa shape index (κ3) is 1.99. The van der Waals surface area contributed by atoms with Crippen molar-refractivity contribution >= 4 is 11.7 Å². The first-order valence-electron chi connectivity index (χ1n) is 7.52. The quantitative estimate of drug-likeness (QED) is 0.886. The van der Waals surface area contributed by atoms with Crippen LogP contribution in [0.4, 0.5) is 5.69 Å². The molecule has 0 saturated carbocycles. The zero-order valence-electron chi connectivity index (χ0n) is 12.1. The SMILES string of the molecule is CCN(CC)C1Cc2c(C(=O)O)ccc3c2C(CN3)C1. The summed E-state index contributed by atoms with van der Waals surface area (Å²) in [4.78, 5) is 14.0. The number of hydrogen-bond donors (Lipinski definition) is 2. The van der Waals surface area contributed by atoms with Crippen LogP contribution in [0.5, 0.6) is 0 Å². The average Bonchev–Trinajstić information content (AvgIpc) is 2.85. The van der Waals surface area contributed by atoms with Gasteiger partial charge in [-0.05, 0) is 49.2 Å². The van der Waals surface area contributed by atoms with Gasteiger partial charge in [-0.25, -0.2) is 4.79 Å². The number of carbonyl (C=O) groups is 1. The normalized spacial score (nSPS) is 23.6. The van der Waals surface area contributed by atoms with E-state index in [0.29, 0.717) is 17.5 Å². The topological polar surface area (TPSA) is 52.6 Å². The van der Waals surface area contributed by atoms with E-state index in [4.69, 9.17) is 0 Å². The van der Waals surface area contributed by atoms with Crippen molar-refractivity contribution in [3.05, 3.63) is 28.8 Å². The number of benzene rings is 1. The minimum Gasteiger partial charge on any atom is -0.478 e. The highest BCUT2D eigenvalue weighted by atomic mass is 16.4. The second-order valence-electron chi connectivity index (χ2n) is 5.75. The van der Waals surface area contributed by atoms with Gasteiger partial charge in [0.2, 0.25) is 0 Å². The number of nitrogens with zero attached hydrogens (tertiary/aromatic N) is 1. The Balaban J connectivity index is 2.03. The van der Waals surface area contributed by atoms with Gasteiger partial charge in [-0.15, -0.1) is 0 Å². The Morgan fingerprint density at radius 2 is 2.15 bits per heavy atom. The first-order chi connectivity index (χ1) is 9.65. The molecule has 0 radical (unpaired) electrons. The van der Waals surface area contributed by atoms with Crippen LogP contribution in [0.15, 0.2) is 12.1 Å². The molecule has 0 bridgehead atoms. The van der Waals surface area contributed by atoms with Crippen LogP contribution in [-0.2, 0) is 6.42 Å². The molecule has 2 aliphatic rings. The number of likely N-dealkylation sites (N-methyl/N-ethyl adjacent to an activating group) is 1. The van der Waals surface area contributed by atoms with Crippen molar-refractivity contribution in [2.24, 2.45) is 0 Å². The van der Waals surface area contributed by atoms with Crippen molar-refractivity contribution in [3.8, 4) is 0 Å². The lowest BCUT2D eigenvalue weighted by molar-refractivity contribution is 0.0694. The minimum atomic E-state index is -0.798. The molecule has 1 aromatic carbocycles. The van der Waals surface area contributed by atoms with E-state index in [1.54, 1.807) is 6.07 Å². The molecule has 4 heteroatoms. The molecule has 20 heavy (non-hydrogen) atoms. The fourth-order valence-electron chi connectivity index (χ4n) is 3.91. The van der Waals surface area contributed by atoms with Gasteiger partial charge >= 0.3 is 5.97 Å². The lowest BCUT2D eigenvalue weighted by Crippen LogP contribution is -2.40. The van der Waals surface area contributed by atoms with Crippen LogP contribution in [0, 0.1) is 0 Å². The Bertz CT molecular complexity index is 538. The van der Waals surface area contributed by atoms with Gasteiger partial charge in [0, 0.05) is 24.2 Å². The van der Waals surface area contributed by atoms with Crippen LogP contribution in [0.25, 0.3) is 0 Å². The van der Waals surface area contributed by atoms with Crippen LogP contribution in [-0.4, -0.2) is 41.7 Å². The third-order valence-corrected chi connectivity index (χ3v) is 4.86. The molecule has 108 valence electrons. The number of carboxylic acid groups (broad SMARTS) is 1. The van der Waals surface area contributed by atoms with Crippen LogP contribution >= 0.6 is 0 Å². The molecule has 1 heterocycles. The second-order valence-corrected chi connectivity index (χ2v) is 5.75. The summed E-state index contributed by atoms with van der Waals surface area (Å²) in [7, 11) is 0. The molecule has 0 spiro atoms. The first kappa shape index (κ1) is 13.4. The fraction of sp³-hybridized carbons (Fsp3) is 0.562. The predicted molar refractivity (Wildman–Crippen MR) is 79.7 cm³/mol. The number of carboxylic acids is 1. The Labute approximate surface area is 119 Å². The van der Waals surface area contributed by atoms with Gasteiger partial charge in [0.15, 0.2) is 0 Å². The van der Waals surface area contributed by atoms with Gasteiger partial charge in [0.25, 0.3) is 0 Å². The molecule has 0 saturated heterocycles. The molecule has 1 aromatic rings. The Hall–Kier alpha value is -1.55. The van der Waals surface area contributed by atoms with Crippen LogP contribution < -0.4 is 5.32 Å². The van der Waals surface area contributed by atoms with Gasteiger partial charge in [-0.3, -0.25) is 0 Å². The zero-order valence-corrected chi connectivity index (χ0v) is 12.1. The fourth-order valence-corrected chi connectivity index (χ4v) is 3.91. The zero-order chi connectivity index (χ0) is 14.3. The highest BCUT2D eigenvalue weighted by Gasteiger charge is 2.36. The van der Waals surface area contributed by atoms with E-state index in [0.717, 1.165) is 43.7 Å². The van der Waals surface area contributed by atoms with E-state index in [1.165, 1.54) is 5.56 Å². The van der Waals surface area contributed by atoms with E-state index in [1.807, 2.05) is 6.07 Å². The number of rotatable bonds is 4. The maximum Gasteiger partial charge on any atom is 0.335 e. The van der Waals surface area contributed by atoms with Gasteiger partial charge < -0.3 is 15.3 Å². The lowest BCUT2D eigenvalue weighted by Gasteiger charge is -2.36. The van der Waals surface area contributed by atoms with Gasteiger partial charge in [0.05, 0.1) is 5.56 Å². The summed E-state index contributed by atoms with van der Waals surface area (Å²) in [5, 5.41) is 12.9. The van der Waals surface area contributed by atoms with Crippen molar-refractivity contribution in [1.82, 2.24) is 4.90 Å². The molecule has 1 aliphatic heterocycles. The van der Waals surface area contributed by atoms with Crippen LogP contribution in [0.3, 0.4) is 0 Å². The summed E-state index contributed by atoms with van der Waals surface area (Å²) in [5.74, 6) is -0.327. The number of nitrogens with one attached hydrogen (secondary N) is 1. The molecule has 2 atom stereocenters. The smallest absolute Gasteiger partial charge is 0.335 e.